The zero-order chi connectivity index (χ0) is 33.7. The Morgan fingerprint density at radius 3 is 2.46 bits per heavy atom. The summed E-state index contributed by atoms with van der Waals surface area (Å²) in [5.41, 5.74) is 6.83. The summed E-state index contributed by atoms with van der Waals surface area (Å²) in [4.78, 5) is 30.6. The Morgan fingerprint density at radius 1 is 0.840 bits per heavy atom. The standard InChI is InChI=1S/C39H33N7O3S/c47-35(25-27-9-15-33(16-10-27)49-32-7-2-1-3-8-32)41-30-6-4-5-28(26-30)36-37(46-21-24-50-39(46)44-36)34-17-18-40-38(43-34)42-29-11-13-31(14-12-29)45-19-22-48-23-20-45/h1-18,21,24,26H,19-20,22-23,25H2,(H,41,47)(H,40,42,43). The molecule has 248 valence electrons. The van der Waals surface area contributed by atoms with Gasteiger partial charge in [0.1, 0.15) is 17.2 Å². The Labute approximate surface area is 293 Å². The second-order valence-electron chi connectivity index (χ2n) is 11.8. The minimum absolute atomic E-state index is 0.116. The minimum atomic E-state index is -0.116. The number of aromatic nitrogens is 4. The molecule has 0 atom stereocenters. The lowest BCUT2D eigenvalue weighted by Crippen LogP contribution is -2.36. The number of anilines is 4. The molecule has 7 aromatic rings. The summed E-state index contributed by atoms with van der Waals surface area (Å²) in [7, 11) is 0. The molecule has 4 heterocycles. The summed E-state index contributed by atoms with van der Waals surface area (Å²) in [5, 5.41) is 8.41. The first-order valence-corrected chi connectivity index (χ1v) is 17.2. The van der Waals surface area contributed by atoms with Crippen molar-refractivity contribution in [1.82, 2.24) is 19.4 Å². The van der Waals surface area contributed by atoms with E-state index in [2.05, 4.69) is 32.7 Å². The van der Waals surface area contributed by atoms with Crippen LogP contribution in [0.3, 0.4) is 0 Å². The van der Waals surface area contributed by atoms with Crippen LogP contribution in [-0.4, -0.2) is 51.6 Å². The van der Waals surface area contributed by atoms with Crippen molar-refractivity contribution < 1.29 is 14.3 Å². The molecule has 1 amide bonds. The van der Waals surface area contributed by atoms with Gasteiger partial charge in [-0.2, -0.15) is 0 Å². The van der Waals surface area contributed by atoms with Crippen LogP contribution in [0.5, 0.6) is 11.5 Å². The molecule has 50 heavy (non-hydrogen) atoms. The van der Waals surface area contributed by atoms with Crippen LogP contribution >= 0.6 is 11.3 Å². The molecule has 0 spiro atoms. The Kier molecular flexibility index (Phi) is 8.88. The number of thiazole rings is 1. The van der Waals surface area contributed by atoms with Crippen molar-refractivity contribution in [2.24, 2.45) is 0 Å². The minimum Gasteiger partial charge on any atom is -0.457 e. The van der Waals surface area contributed by atoms with Crippen LogP contribution in [0.1, 0.15) is 5.56 Å². The van der Waals surface area contributed by atoms with Crippen molar-refractivity contribution in [3.05, 3.63) is 133 Å². The van der Waals surface area contributed by atoms with Crippen LogP contribution in [0.2, 0.25) is 0 Å². The molecular formula is C39H33N7O3S. The summed E-state index contributed by atoms with van der Waals surface area (Å²) < 4.78 is 13.4. The number of carbonyl (C=O) groups is 1. The molecule has 0 saturated carbocycles. The van der Waals surface area contributed by atoms with Crippen LogP contribution in [0.4, 0.5) is 23.0 Å². The smallest absolute Gasteiger partial charge is 0.228 e. The maximum Gasteiger partial charge on any atom is 0.228 e. The van der Waals surface area contributed by atoms with Gasteiger partial charge >= 0.3 is 0 Å². The van der Waals surface area contributed by atoms with Crippen molar-refractivity contribution in [3.8, 4) is 34.1 Å². The molecule has 1 fully saturated rings. The number of benzene rings is 4. The number of ether oxygens (including phenoxy) is 2. The number of para-hydroxylation sites is 1. The molecule has 0 radical (unpaired) electrons. The summed E-state index contributed by atoms with van der Waals surface area (Å²) in [6.07, 6.45) is 3.97. The molecule has 11 heteroatoms. The van der Waals surface area contributed by atoms with Crippen molar-refractivity contribution in [1.29, 1.82) is 0 Å². The summed E-state index contributed by atoms with van der Waals surface area (Å²) in [6, 6.07) is 35.1. The van der Waals surface area contributed by atoms with Crippen molar-refractivity contribution in [3.63, 3.8) is 0 Å². The highest BCUT2D eigenvalue weighted by molar-refractivity contribution is 7.15. The van der Waals surface area contributed by atoms with Gasteiger partial charge in [0, 0.05) is 53.5 Å². The number of imidazole rings is 1. The summed E-state index contributed by atoms with van der Waals surface area (Å²) >= 11 is 1.55. The van der Waals surface area contributed by atoms with Crippen LogP contribution < -0.4 is 20.3 Å². The number of hydrogen-bond acceptors (Lipinski definition) is 9. The Bertz CT molecular complexity index is 2230. The molecule has 2 N–H and O–H groups in total. The SMILES string of the molecule is O=C(Cc1ccc(Oc2ccccc2)cc1)Nc1cccc(-c2nc3sccn3c2-c2ccnc(Nc3ccc(N4CCOCC4)cc3)n2)c1. The van der Waals surface area contributed by atoms with E-state index in [0.717, 1.165) is 70.9 Å². The quantitative estimate of drug-likeness (QED) is 0.150. The van der Waals surface area contributed by atoms with E-state index in [1.807, 2.05) is 113 Å². The number of amides is 1. The highest BCUT2D eigenvalue weighted by Gasteiger charge is 2.19. The molecule has 0 bridgehead atoms. The second-order valence-corrected chi connectivity index (χ2v) is 12.6. The van der Waals surface area contributed by atoms with Gasteiger partial charge in [-0.3, -0.25) is 9.20 Å². The lowest BCUT2D eigenvalue weighted by Gasteiger charge is -2.28. The molecule has 1 saturated heterocycles. The first-order valence-electron chi connectivity index (χ1n) is 16.4. The number of nitrogens with one attached hydrogen (secondary N) is 2. The normalized spacial score (nSPS) is 12.9. The molecule has 3 aromatic heterocycles. The first-order chi connectivity index (χ1) is 24.6. The van der Waals surface area contributed by atoms with E-state index < -0.39 is 0 Å². The van der Waals surface area contributed by atoms with Gasteiger partial charge in [0.2, 0.25) is 11.9 Å². The fourth-order valence-electron chi connectivity index (χ4n) is 5.92. The average Bonchev–Trinajstić information content (AvgIpc) is 3.76. The van der Waals surface area contributed by atoms with E-state index in [-0.39, 0.29) is 12.3 Å². The molecule has 0 unspecified atom stereocenters. The molecule has 10 nitrogen and oxygen atoms in total. The fourth-order valence-corrected chi connectivity index (χ4v) is 6.64. The van der Waals surface area contributed by atoms with Crippen LogP contribution in [0.15, 0.2) is 127 Å². The predicted octanol–water partition coefficient (Wildman–Crippen LogP) is 8.07. The van der Waals surface area contributed by atoms with Gasteiger partial charge in [-0.05, 0) is 72.3 Å². The van der Waals surface area contributed by atoms with Crippen molar-refractivity contribution in [2.45, 2.75) is 6.42 Å². The van der Waals surface area contributed by atoms with Crippen molar-refractivity contribution in [2.75, 3.05) is 41.8 Å². The van der Waals surface area contributed by atoms with Gasteiger partial charge in [0.15, 0.2) is 4.96 Å². The third-order valence-corrected chi connectivity index (χ3v) is 9.10. The number of carbonyl (C=O) groups excluding carboxylic acids is 1. The zero-order valence-corrected chi connectivity index (χ0v) is 27.8. The van der Waals surface area contributed by atoms with Crippen LogP contribution in [0.25, 0.3) is 27.6 Å². The van der Waals surface area contributed by atoms with E-state index in [0.29, 0.717) is 17.4 Å². The fraction of sp³-hybridized carbons (Fsp3) is 0.128. The van der Waals surface area contributed by atoms with Gasteiger partial charge in [0.25, 0.3) is 0 Å². The maximum absolute atomic E-state index is 13.1. The van der Waals surface area contributed by atoms with Gasteiger partial charge in [0.05, 0.1) is 31.0 Å². The molecule has 1 aliphatic heterocycles. The number of fused-ring (bicyclic) bond motifs is 1. The monoisotopic (exact) mass is 679 g/mol. The van der Waals surface area contributed by atoms with Gasteiger partial charge in [-0.1, -0.05) is 42.5 Å². The van der Waals surface area contributed by atoms with E-state index in [1.165, 1.54) is 5.69 Å². The average molecular weight is 680 g/mol. The third-order valence-electron chi connectivity index (χ3n) is 8.35. The third kappa shape index (κ3) is 7.05. The number of hydrogen-bond donors (Lipinski definition) is 2. The number of nitrogens with zero attached hydrogens (tertiary/aromatic N) is 5. The van der Waals surface area contributed by atoms with Crippen LogP contribution in [-0.2, 0) is 16.0 Å². The summed E-state index contributed by atoms with van der Waals surface area (Å²) in [5.74, 6) is 1.85. The van der Waals surface area contributed by atoms with E-state index in [1.54, 1.807) is 17.5 Å². The Morgan fingerprint density at radius 2 is 1.64 bits per heavy atom. The molecular weight excluding hydrogens is 647 g/mol. The topological polar surface area (TPSA) is 106 Å². The number of morpholine rings is 1. The first kappa shape index (κ1) is 31.2. The molecule has 1 aliphatic rings. The summed E-state index contributed by atoms with van der Waals surface area (Å²) in [6.45, 7) is 3.27. The van der Waals surface area contributed by atoms with E-state index in [9.17, 15) is 4.79 Å². The second kappa shape index (κ2) is 14.2. The molecule has 8 rings (SSSR count). The highest BCUT2D eigenvalue weighted by atomic mass is 32.1. The van der Waals surface area contributed by atoms with Gasteiger partial charge < -0.3 is 25.0 Å². The zero-order valence-electron chi connectivity index (χ0n) is 27.0. The predicted molar refractivity (Wildman–Crippen MR) is 198 cm³/mol. The van der Waals surface area contributed by atoms with Gasteiger partial charge in [-0.15, -0.1) is 11.3 Å². The highest BCUT2D eigenvalue weighted by Crippen LogP contribution is 2.35. The number of rotatable bonds is 10. The molecule has 4 aromatic carbocycles. The molecule has 0 aliphatic carbocycles. The maximum atomic E-state index is 13.1. The Balaban J connectivity index is 0.985. The largest absolute Gasteiger partial charge is 0.457 e. The van der Waals surface area contributed by atoms with Crippen LogP contribution in [0, 0.1) is 0 Å². The van der Waals surface area contributed by atoms with Gasteiger partial charge in [-0.25, -0.2) is 15.0 Å². The Hall–Kier alpha value is -6.04. The lowest BCUT2D eigenvalue weighted by atomic mass is 10.1. The van der Waals surface area contributed by atoms with E-state index in [4.69, 9.17) is 19.4 Å². The van der Waals surface area contributed by atoms with Crippen molar-refractivity contribution >= 4 is 45.2 Å². The van der Waals surface area contributed by atoms with E-state index >= 15 is 0 Å². The lowest BCUT2D eigenvalue weighted by molar-refractivity contribution is -0.115.